The quantitative estimate of drug-likeness (QED) is 0.557. The van der Waals surface area contributed by atoms with Gasteiger partial charge in [-0.1, -0.05) is 13.8 Å². The summed E-state index contributed by atoms with van der Waals surface area (Å²) in [5, 5.41) is 11.6. The summed E-state index contributed by atoms with van der Waals surface area (Å²) in [6.07, 6.45) is 2.92. The average Bonchev–Trinajstić information content (AvgIpc) is 2.10. The molecular weight excluding hydrogens is 166 g/mol. The fourth-order valence-electron chi connectivity index (χ4n) is 0.954. The van der Waals surface area contributed by atoms with Gasteiger partial charge in [-0.05, 0) is 25.8 Å². The third kappa shape index (κ3) is 7.94. The number of nitrogens with one attached hydrogen (secondary N) is 1. The highest BCUT2D eigenvalue weighted by Crippen LogP contribution is 1.94. The van der Waals surface area contributed by atoms with E-state index in [4.69, 9.17) is 5.11 Å². The smallest absolute Gasteiger partial charge is 0.149 e. The number of unbranched alkanes of at least 4 members (excludes halogenated alkanes) is 2. The molecule has 0 aliphatic rings. The second kappa shape index (κ2) is 8.20. The molecule has 0 aromatic carbocycles. The van der Waals surface area contributed by atoms with E-state index < -0.39 is 0 Å². The lowest BCUT2D eigenvalue weighted by Crippen LogP contribution is -2.26. The van der Waals surface area contributed by atoms with Gasteiger partial charge in [0.1, 0.15) is 5.78 Å². The van der Waals surface area contributed by atoms with E-state index >= 15 is 0 Å². The maximum Gasteiger partial charge on any atom is 0.149 e. The number of rotatable bonds is 8. The van der Waals surface area contributed by atoms with Crippen molar-refractivity contribution < 1.29 is 9.90 Å². The molecular formula is C10H21NO2. The van der Waals surface area contributed by atoms with Gasteiger partial charge in [0.25, 0.3) is 0 Å². The minimum atomic E-state index is 0.130. The molecule has 0 aliphatic carbocycles. The molecule has 3 nitrogen and oxygen atoms in total. The first-order chi connectivity index (χ1) is 6.18. The van der Waals surface area contributed by atoms with Crippen LogP contribution in [-0.4, -0.2) is 30.6 Å². The second-order valence-electron chi connectivity index (χ2n) is 3.58. The summed E-state index contributed by atoms with van der Waals surface area (Å²) in [7, 11) is 0. The van der Waals surface area contributed by atoms with Crippen LogP contribution in [0.3, 0.4) is 0 Å². The minimum absolute atomic E-state index is 0.130. The zero-order valence-electron chi connectivity index (χ0n) is 8.68. The number of hydrogen-bond acceptors (Lipinski definition) is 3. The number of carbonyl (C=O) groups excluding carboxylic acids is 1. The predicted octanol–water partition coefficient (Wildman–Crippen LogP) is 0.964. The van der Waals surface area contributed by atoms with Crippen molar-refractivity contribution in [3.05, 3.63) is 0 Å². The summed E-state index contributed by atoms with van der Waals surface area (Å²) in [6.45, 7) is 5.45. The molecule has 3 heteroatoms. The third-order valence-corrected chi connectivity index (χ3v) is 1.95. The Morgan fingerprint density at radius 3 is 2.54 bits per heavy atom. The van der Waals surface area contributed by atoms with Gasteiger partial charge in [-0.15, -0.1) is 0 Å². The highest BCUT2D eigenvalue weighted by molar-refractivity contribution is 5.82. The van der Waals surface area contributed by atoms with Crippen molar-refractivity contribution in [1.29, 1.82) is 0 Å². The van der Waals surface area contributed by atoms with E-state index in [0.29, 0.717) is 6.54 Å². The minimum Gasteiger partial charge on any atom is -0.396 e. The molecule has 0 amide bonds. The molecule has 0 bridgehead atoms. The van der Waals surface area contributed by atoms with Crippen LogP contribution in [0.25, 0.3) is 0 Å². The van der Waals surface area contributed by atoms with Gasteiger partial charge in [-0.25, -0.2) is 0 Å². The molecule has 13 heavy (non-hydrogen) atoms. The topological polar surface area (TPSA) is 49.3 Å². The zero-order valence-corrected chi connectivity index (χ0v) is 8.68. The lowest BCUT2D eigenvalue weighted by molar-refractivity contribution is -0.121. The van der Waals surface area contributed by atoms with E-state index in [-0.39, 0.29) is 18.3 Å². The van der Waals surface area contributed by atoms with Crippen LogP contribution in [0.5, 0.6) is 0 Å². The Balaban J connectivity index is 3.12. The standard InChI is InChI=1S/C10H21NO2/c1-9(2)10(13)8-11-6-4-3-5-7-12/h9,11-12H,3-8H2,1-2H3. The highest BCUT2D eigenvalue weighted by Gasteiger charge is 2.04. The summed E-state index contributed by atoms with van der Waals surface area (Å²) in [5.41, 5.74) is 0. The van der Waals surface area contributed by atoms with Crippen LogP contribution in [0.4, 0.5) is 0 Å². The van der Waals surface area contributed by atoms with E-state index in [1.165, 1.54) is 0 Å². The Hall–Kier alpha value is -0.410. The number of carbonyl (C=O) groups is 1. The summed E-state index contributed by atoms with van der Waals surface area (Å²) in [4.78, 5) is 11.1. The Labute approximate surface area is 80.5 Å². The van der Waals surface area contributed by atoms with Crippen LogP contribution in [-0.2, 0) is 4.79 Å². The number of aliphatic hydroxyl groups is 1. The number of ketones is 1. The molecule has 0 spiro atoms. The Morgan fingerprint density at radius 2 is 2.00 bits per heavy atom. The van der Waals surface area contributed by atoms with E-state index in [1.54, 1.807) is 0 Å². The fraction of sp³-hybridized carbons (Fsp3) is 0.900. The molecule has 0 radical (unpaired) electrons. The third-order valence-electron chi connectivity index (χ3n) is 1.95. The van der Waals surface area contributed by atoms with Crippen molar-refractivity contribution in [1.82, 2.24) is 5.32 Å². The van der Waals surface area contributed by atoms with E-state index in [2.05, 4.69) is 5.32 Å². The summed E-state index contributed by atoms with van der Waals surface area (Å²) in [5.74, 6) is 0.395. The van der Waals surface area contributed by atoms with Crippen molar-refractivity contribution in [2.24, 2.45) is 5.92 Å². The van der Waals surface area contributed by atoms with Gasteiger partial charge < -0.3 is 10.4 Å². The van der Waals surface area contributed by atoms with Crippen molar-refractivity contribution in [3.63, 3.8) is 0 Å². The van der Waals surface area contributed by atoms with Gasteiger partial charge in [0.15, 0.2) is 0 Å². The van der Waals surface area contributed by atoms with E-state index in [1.807, 2.05) is 13.8 Å². The first-order valence-corrected chi connectivity index (χ1v) is 5.02. The molecule has 0 aromatic rings. The first-order valence-electron chi connectivity index (χ1n) is 5.02. The van der Waals surface area contributed by atoms with Gasteiger partial charge in [0, 0.05) is 12.5 Å². The SMILES string of the molecule is CC(C)C(=O)CNCCCCCO. The average molecular weight is 187 g/mol. The molecule has 0 fully saturated rings. The van der Waals surface area contributed by atoms with Crippen molar-refractivity contribution in [3.8, 4) is 0 Å². The van der Waals surface area contributed by atoms with Crippen LogP contribution in [0.2, 0.25) is 0 Å². The lowest BCUT2D eigenvalue weighted by Gasteiger charge is -2.05. The van der Waals surface area contributed by atoms with Gasteiger partial charge >= 0.3 is 0 Å². The molecule has 0 aromatic heterocycles. The first kappa shape index (κ1) is 12.6. The number of aliphatic hydroxyl groups excluding tert-OH is 1. The Morgan fingerprint density at radius 1 is 1.31 bits per heavy atom. The van der Waals surface area contributed by atoms with Crippen LogP contribution < -0.4 is 5.32 Å². The van der Waals surface area contributed by atoms with E-state index in [0.717, 1.165) is 25.8 Å². The normalized spacial score (nSPS) is 10.8. The summed E-state index contributed by atoms with van der Waals surface area (Å²) >= 11 is 0. The van der Waals surface area contributed by atoms with Crippen molar-refractivity contribution in [2.45, 2.75) is 33.1 Å². The monoisotopic (exact) mass is 187 g/mol. The molecule has 0 saturated carbocycles. The van der Waals surface area contributed by atoms with Gasteiger partial charge in [0.2, 0.25) is 0 Å². The number of Topliss-reactive ketones (excluding diaryl/α,β-unsaturated/α-hetero) is 1. The zero-order chi connectivity index (χ0) is 10.1. The molecule has 0 rings (SSSR count). The van der Waals surface area contributed by atoms with Gasteiger partial charge in [0.05, 0.1) is 6.54 Å². The van der Waals surface area contributed by atoms with Gasteiger partial charge in [-0.3, -0.25) is 4.79 Å². The van der Waals surface area contributed by atoms with Crippen LogP contribution >= 0.6 is 0 Å². The van der Waals surface area contributed by atoms with Gasteiger partial charge in [-0.2, -0.15) is 0 Å². The van der Waals surface area contributed by atoms with Crippen LogP contribution in [0.15, 0.2) is 0 Å². The molecule has 0 atom stereocenters. The highest BCUT2D eigenvalue weighted by atomic mass is 16.2. The summed E-state index contributed by atoms with van der Waals surface area (Å²) in [6, 6.07) is 0. The molecule has 78 valence electrons. The molecule has 0 aliphatic heterocycles. The Kier molecular flexibility index (Phi) is 7.94. The second-order valence-corrected chi connectivity index (χ2v) is 3.58. The van der Waals surface area contributed by atoms with Crippen molar-refractivity contribution in [2.75, 3.05) is 19.7 Å². The predicted molar refractivity (Wildman–Crippen MR) is 53.7 cm³/mol. The molecule has 0 unspecified atom stereocenters. The fourth-order valence-corrected chi connectivity index (χ4v) is 0.954. The lowest BCUT2D eigenvalue weighted by atomic mass is 10.1. The molecule has 0 saturated heterocycles. The Bertz CT molecular complexity index is 135. The van der Waals surface area contributed by atoms with Crippen LogP contribution in [0, 0.1) is 5.92 Å². The van der Waals surface area contributed by atoms with Crippen LogP contribution in [0.1, 0.15) is 33.1 Å². The molecule has 0 heterocycles. The summed E-state index contributed by atoms with van der Waals surface area (Å²) < 4.78 is 0. The maximum absolute atomic E-state index is 11.1. The largest absolute Gasteiger partial charge is 0.396 e. The number of hydrogen-bond donors (Lipinski definition) is 2. The molecule has 2 N–H and O–H groups in total. The van der Waals surface area contributed by atoms with E-state index in [9.17, 15) is 4.79 Å². The van der Waals surface area contributed by atoms with Crippen molar-refractivity contribution >= 4 is 5.78 Å². The maximum atomic E-state index is 11.1.